The van der Waals surface area contributed by atoms with E-state index >= 15 is 0 Å². The summed E-state index contributed by atoms with van der Waals surface area (Å²) in [6.07, 6.45) is 1.88. The summed E-state index contributed by atoms with van der Waals surface area (Å²) in [5.41, 5.74) is 1.57. The number of hydrogen-bond donors (Lipinski definition) is 2. The van der Waals surface area contributed by atoms with Gasteiger partial charge < -0.3 is 10.6 Å². The Morgan fingerprint density at radius 3 is 2.00 bits per heavy atom. The molecule has 0 atom stereocenters. The van der Waals surface area contributed by atoms with Crippen LogP contribution in [0.3, 0.4) is 0 Å². The van der Waals surface area contributed by atoms with Gasteiger partial charge in [0.25, 0.3) is 5.91 Å². The van der Waals surface area contributed by atoms with Gasteiger partial charge in [0, 0.05) is 40.6 Å². The van der Waals surface area contributed by atoms with E-state index in [1.165, 1.54) is 0 Å². The minimum atomic E-state index is -0.332. The van der Waals surface area contributed by atoms with Gasteiger partial charge in [-0.05, 0) is 54.6 Å². The Morgan fingerprint density at radius 1 is 0.852 bits per heavy atom. The maximum atomic E-state index is 12.2. The molecule has 2 amide bonds. The molecule has 1 heterocycles. The largest absolute Gasteiger partial charge is 0.326 e. The van der Waals surface area contributed by atoms with Crippen LogP contribution in [0.5, 0.6) is 0 Å². The van der Waals surface area contributed by atoms with Gasteiger partial charge in [-0.1, -0.05) is 23.2 Å². The molecule has 0 aliphatic carbocycles. The van der Waals surface area contributed by atoms with Gasteiger partial charge in [-0.25, -0.2) is 0 Å². The number of nitrogens with zero attached hydrogens (tertiary/aromatic N) is 2. The quantitative estimate of drug-likeness (QED) is 0.638. The molecule has 0 spiro atoms. The van der Waals surface area contributed by atoms with E-state index in [1.54, 1.807) is 65.5 Å². The van der Waals surface area contributed by atoms with Gasteiger partial charge in [-0.3, -0.25) is 14.3 Å². The highest BCUT2D eigenvalue weighted by molar-refractivity contribution is 6.31. The third-order valence-electron chi connectivity index (χ3n) is 3.67. The highest BCUT2D eigenvalue weighted by Crippen LogP contribution is 2.15. The van der Waals surface area contributed by atoms with Gasteiger partial charge in [0.1, 0.15) is 0 Å². The normalized spacial score (nSPS) is 10.4. The SMILES string of the molecule is O=C(CCn1ccc(C(=O)Nc2ccc(Cl)cc2)n1)Nc1ccc(Cl)cc1. The molecule has 0 fully saturated rings. The fraction of sp³-hybridized carbons (Fsp3) is 0.105. The van der Waals surface area contributed by atoms with Crippen LogP contribution in [-0.4, -0.2) is 21.6 Å². The number of halogens is 2. The smallest absolute Gasteiger partial charge is 0.276 e. The number of aromatic nitrogens is 2. The standard InChI is InChI=1S/C19H16Cl2N4O2/c20-13-1-5-15(6-2-13)22-18(26)10-12-25-11-9-17(24-25)19(27)23-16-7-3-14(21)4-8-16/h1-9,11H,10,12H2,(H,22,26)(H,23,27). The summed E-state index contributed by atoms with van der Waals surface area (Å²) in [5, 5.41) is 10.9. The molecular formula is C19H16Cl2N4O2. The van der Waals surface area contributed by atoms with Gasteiger partial charge >= 0.3 is 0 Å². The Bertz CT molecular complexity index is 937. The summed E-state index contributed by atoms with van der Waals surface area (Å²) in [4.78, 5) is 24.2. The highest BCUT2D eigenvalue weighted by atomic mass is 35.5. The number of rotatable bonds is 6. The van der Waals surface area contributed by atoms with Crippen molar-refractivity contribution in [2.75, 3.05) is 10.6 Å². The summed E-state index contributed by atoms with van der Waals surface area (Å²) in [7, 11) is 0. The molecule has 2 aromatic carbocycles. The van der Waals surface area contributed by atoms with Crippen molar-refractivity contribution in [3.8, 4) is 0 Å². The van der Waals surface area contributed by atoms with Crippen LogP contribution in [0, 0.1) is 0 Å². The number of amides is 2. The van der Waals surface area contributed by atoms with E-state index in [4.69, 9.17) is 23.2 Å². The minimum Gasteiger partial charge on any atom is -0.326 e. The number of anilines is 2. The van der Waals surface area contributed by atoms with Crippen LogP contribution in [0.2, 0.25) is 10.0 Å². The lowest BCUT2D eigenvalue weighted by Crippen LogP contribution is -2.16. The lowest BCUT2D eigenvalue weighted by Gasteiger charge is -2.06. The van der Waals surface area contributed by atoms with Crippen LogP contribution >= 0.6 is 23.2 Å². The molecular weight excluding hydrogens is 387 g/mol. The molecule has 0 radical (unpaired) electrons. The van der Waals surface area contributed by atoms with Crippen molar-refractivity contribution in [1.82, 2.24) is 9.78 Å². The second kappa shape index (κ2) is 8.70. The molecule has 0 aliphatic rings. The maximum absolute atomic E-state index is 12.2. The lowest BCUT2D eigenvalue weighted by molar-refractivity contribution is -0.116. The van der Waals surface area contributed by atoms with Crippen molar-refractivity contribution >= 4 is 46.4 Å². The molecule has 0 bridgehead atoms. The molecule has 138 valence electrons. The highest BCUT2D eigenvalue weighted by Gasteiger charge is 2.11. The molecule has 0 aliphatic heterocycles. The van der Waals surface area contributed by atoms with Gasteiger partial charge in [0.05, 0.1) is 0 Å². The van der Waals surface area contributed by atoms with E-state index in [-0.39, 0.29) is 23.9 Å². The van der Waals surface area contributed by atoms with Crippen molar-refractivity contribution in [3.63, 3.8) is 0 Å². The first-order valence-electron chi connectivity index (χ1n) is 8.15. The number of benzene rings is 2. The van der Waals surface area contributed by atoms with Gasteiger partial charge in [-0.2, -0.15) is 5.10 Å². The first kappa shape index (κ1) is 18.9. The zero-order chi connectivity index (χ0) is 19.2. The number of carbonyl (C=O) groups is 2. The molecule has 0 unspecified atom stereocenters. The fourth-order valence-corrected chi connectivity index (χ4v) is 2.56. The Hall–Kier alpha value is -2.83. The first-order chi connectivity index (χ1) is 13.0. The van der Waals surface area contributed by atoms with Crippen molar-refractivity contribution < 1.29 is 9.59 Å². The number of nitrogens with one attached hydrogen (secondary N) is 2. The second-order valence-corrected chi connectivity index (χ2v) is 6.60. The third-order valence-corrected chi connectivity index (χ3v) is 4.18. The summed E-state index contributed by atoms with van der Waals surface area (Å²) in [5.74, 6) is -0.485. The minimum absolute atomic E-state index is 0.153. The Balaban J connectivity index is 1.51. The van der Waals surface area contributed by atoms with E-state index in [1.807, 2.05) is 0 Å². The van der Waals surface area contributed by atoms with Crippen LogP contribution in [0.4, 0.5) is 11.4 Å². The van der Waals surface area contributed by atoms with E-state index in [0.29, 0.717) is 28.0 Å². The number of carbonyl (C=O) groups excluding carboxylic acids is 2. The van der Waals surface area contributed by atoms with Crippen LogP contribution in [0.1, 0.15) is 16.9 Å². The van der Waals surface area contributed by atoms with E-state index < -0.39 is 0 Å². The third kappa shape index (κ3) is 5.57. The molecule has 2 N–H and O–H groups in total. The fourth-order valence-electron chi connectivity index (χ4n) is 2.31. The predicted octanol–water partition coefficient (Wildman–Crippen LogP) is 4.47. The molecule has 3 aromatic rings. The van der Waals surface area contributed by atoms with E-state index in [9.17, 15) is 9.59 Å². The van der Waals surface area contributed by atoms with Gasteiger partial charge in [-0.15, -0.1) is 0 Å². The van der Waals surface area contributed by atoms with Crippen LogP contribution in [0.25, 0.3) is 0 Å². The average molecular weight is 403 g/mol. The topological polar surface area (TPSA) is 76.0 Å². The Kier molecular flexibility index (Phi) is 6.11. The Labute approximate surface area is 166 Å². The van der Waals surface area contributed by atoms with Crippen molar-refractivity contribution in [2.45, 2.75) is 13.0 Å². The molecule has 3 rings (SSSR count). The summed E-state index contributed by atoms with van der Waals surface area (Å²) >= 11 is 11.6. The average Bonchev–Trinajstić information content (AvgIpc) is 3.13. The van der Waals surface area contributed by atoms with Crippen LogP contribution in [-0.2, 0) is 11.3 Å². The summed E-state index contributed by atoms with van der Waals surface area (Å²) in [6.45, 7) is 0.355. The van der Waals surface area contributed by atoms with Gasteiger partial charge in [0.15, 0.2) is 5.69 Å². The molecule has 1 aromatic heterocycles. The zero-order valence-corrected chi connectivity index (χ0v) is 15.7. The Morgan fingerprint density at radius 2 is 1.41 bits per heavy atom. The monoisotopic (exact) mass is 402 g/mol. The zero-order valence-electron chi connectivity index (χ0n) is 14.2. The van der Waals surface area contributed by atoms with Crippen LogP contribution < -0.4 is 10.6 Å². The molecule has 27 heavy (non-hydrogen) atoms. The van der Waals surface area contributed by atoms with Crippen LogP contribution in [0.15, 0.2) is 60.8 Å². The number of aryl methyl sites for hydroxylation is 1. The van der Waals surface area contributed by atoms with Gasteiger partial charge in [0.2, 0.25) is 5.91 Å². The van der Waals surface area contributed by atoms with Crippen molar-refractivity contribution in [2.24, 2.45) is 0 Å². The molecule has 6 nitrogen and oxygen atoms in total. The predicted molar refractivity (Wildman–Crippen MR) is 106 cm³/mol. The van der Waals surface area contributed by atoms with E-state index in [0.717, 1.165) is 0 Å². The summed E-state index contributed by atoms with van der Waals surface area (Å²) in [6, 6.07) is 15.3. The molecule has 0 saturated heterocycles. The second-order valence-electron chi connectivity index (χ2n) is 5.73. The van der Waals surface area contributed by atoms with E-state index in [2.05, 4.69) is 15.7 Å². The molecule has 0 saturated carbocycles. The summed E-state index contributed by atoms with van der Waals surface area (Å²) < 4.78 is 1.55. The van der Waals surface area contributed by atoms with Crippen molar-refractivity contribution in [3.05, 3.63) is 76.5 Å². The maximum Gasteiger partial charge on any atom is 0.276 e. The first-order valence-corrected chi connectivity index (χ1v) is 8.91. The number of hydrogen-bond acceptors (Lipinski definition) is 3. The molecule has 8 heteroatoms. The van der Waals surface area contributed by atoms with Crippen molar-refractivity contribution in [1.29, 1.82) is 0 Å². The lowest BCUT2D eigenvalue weighted by atomic mass is 10.3.